The van der Waals surface area contributed by atoms with Gasteiger partial charge in [0, 0.05) is 6.04 Å². The molecule has 0 atom stereocenters. The highest BCUT2D eigenvalue weighted by Gasteiger charge is 2.37. The van der Waals surface area contributed by atoms with E-state index in [0.717, 1.165) is 11.5 Å². The van der Waals surface area contributed by atoms with E-state index in [2.05, 4.69) is 24.3 Å². The molecule has 0 unspecified atom stereocenters. The molecule has 1 spiro atoms. The monoisotopic (exact) mass is 252 g/mol. The smallest absolute Gasteiger partial charge is 0.00674 e. The quantitative estimate of drug-likeness (QED) is 0.729. The maximum atomic E-state index is 3.78. The van der Waals surface area contributed by atoms with Crippen LogP contribution in [0.5, 0.6) is 0 Å². The van der Waals surface area contributed by atoms with Gasteiger partial charge in [0.15, 0.2) is 0 Å². The highest BCUT2D eigenvalue weighted by molar-refractivity contribution is 4.91. The second-order valence-electron chi connectivity index (χ2n) is 6.95. The molecule has 106 valence electrons. The van der Waals surface area contributed by atoms with Crippen LogP contribution in [0.15, 0.2) is 0 Å². The van der Waals surface area contributed by atoms with E-state index >= 15 is 0 Å². The first-order chi connectivity index (χ1) is 8.70. The summed E-state index contributed by atoms with van der Waals surface area (Å²) in [6.45, 7) is 2.46. The van der Waals surface area contributed by atoms with E-state index in [9.17, 15) is 0 Å². The summed E-state index contributed by atoms with van der Waals surface area (Å²) in [5.74, 6) is 0. The van der Waals surface area contributed by atoms with E-state index in [1.54, 1.807) is 0 Å². The summed E-state index contributed by atoms with van der Waals surface area (Å²) in [5.41, 5.74) is 0.795. The van der Waals surface area contributed by atoms with Gasteiger partial charge in [-0.3, -0.25) is 0 Å². The molecular formula is C16H32N2. The fraction of sp³-hybridized carbons (Fsp3) is 1.00. The zero-order chi connectivity index (χ0) is 12.8. The Bertz CT molecular complexity index is 221. The molecule has 2 heteroatoms. The van der Waals surface area contributed by atoms with Gasteiger partial charge in [-0.25, -0.2) is 0 Å². The van der Waals surface area contributed by atoms with Gasteiger partial charge in [0.05, 0.1) is 0 Å². The summed E-state index contributed by atoms with van der Waals surface area (Å²) < 4.78 is 0. The van der Waals surface area contributed by atoms with Gasteiger partial charge in [-0.1, -0.05) is 12.8 Å². The zero-order valence-corrected chi connectivity index (χ0v) is 12.5. The zero-order valence-electron chi connectivity index (χ0n) is 12.5. The van der Waals surface area contributed by atoms with Crippen molar-refractivity contribution in [2.24, 2.45) is 5.41 Å². The minimum absolute atomic E-state index is 0.795. The van der Waals surface area contributed by atoms with Crippen molar-refractivity contribution in [3.63, 3.8) is 0 Å². The Morgan fingerprint density at radius 1 is 1.00 bits per heavy atom. The van der Waals surface area contributed by atoms with E-state index in [1.165, 1.54) is 77.3 Å². The Morgan fingerprint density at radius 2 is 1.67 bits per heavy atom. The second kappa shape index (κ2) is 6.91. The SMILES string of the molecule is CN(C)CCCCNC1CCC2(CCCC2)CC1. The Labute approximate surface area is 114 Å². The second-order valence-corrected chi connectivity index (χ2v) is 6.95. The minimum atomic E-state index is 0.795. The summed E-state index contributed by atoms with van der Waals surface area (Å²) >= 11 is 0. The molecule has 0 radical (unpaired) electrons. The van der Waals surface area contributed by atoms with E-state index in [4.69, 9.17) is 0 Å². The number of rotatable bonds is 6. The Hall–Kier alpha value is -0.0800. The van der Waals surface area contributed by atoms with E-state index in [0.29, 0.717) is 0 Å². The molecule has 2 saturated carbocycles. The molecule has 18 heavy (non-hydrogen) atoms. The average Bonchev–Trinajstić information content (AvgIpc) is 2.80. The lowest BCUT2D eigenvalue weighted by atomic mass is 9.71. The highest BCUT2D eigenvalue weighted by Crippen LogP contribution is 2.48. The van der Waals surface area contributed by atoms with Crippen molar-refractivity contribution in [3.8, 4) is 0 Å². The maximum Gasteiger partial charge on any atom is 0.00674 e. The molecule has 0 aromatic heterocycles. The summed E-state index contributed by atoms with van der Waals surface area (Å²) in [6.07, 6.45) is 14.6. The molecule has 2 rings (SSSR count). The molecule has 2 nitrogen and oxygen atoms in total. The van der Waals surface area contributed by atoms with Gasteiger partial charge in [-0.15, -0.1) is 0 Å². The molecule has 2 aliphatic rings. The van der Waals surface area contributed by atoms with Crippen LogP contribution in [0.25, 0.3) is 0 Å². The fourth-order valence-electron chi connectivity index (χ4n) is 3.92. The van der Waals surface area contributed by atoms with Crippen LogP contribution in [0.3, 0.4) is 0 Å². The average molecular weight is 252 g/mol. The normalized spacial score (nSPS) is 24.2. The van der Waals surface area contributed by atoms with Crippen LogP contribution < -0.4 is 5.32 Å². The minimum Gasteiger partial charge on any atom is -0.314 e. The van der Waals surface area contributed by atoms with Crippen molar-refractivity contribution in [1.29, 1.82) is 0 Å². The van der Waals surface area contributed by atoms with Crippen LogP contribution >= 0.6 is 0 Å². The molecule has 2 fully saturated rings. The summed E-state index contributed by atoms with van der Waals surface area (Å²) in [5, 5.41) is 3.78. The summed E-state index contributed by atoms with van der Waals surface area (Å²) in [7, 11) is 4.32. The Morgan fingerprint density at radius 3 is 2.28 bits per heavy atom. The predicted octanol–water partition coefficient (Wildman–Crippen LogP) is 3.42. The predicted molar refractivity (Wildman–Crippen MR) is 78.9 cm³/mol. The van der Waals surface area contributed by atoms with E-state index in [1.807, 2.05) is 0 Å². The molecule has 0 aromatic carbocycles. The molecule has 0 aromatic rings. The topological polar surface area (TPSA) is 15.3 Å². The number of hydrogen-bond donors (Lipinski definition) is 1. The van der Waals surface area contributed by atoms with Crippen LogP contribution in [0.4, 0.5) is 0 Å². The lowest BCUT2D eigenvalue weighted by molar-refractivity contribution is 0.168. The molecule has 0 heterocycles. The standard InChI is InChI=1S/C16H32N2/c1-18(2)14-6-5-13-17-15-7-11-16(12-8-15)9-3-4-10-16/h15,17H,3-14H2,1-2H3. The van der Waals surface area contributed by atoms with Crippen molar-refractivity contribution < 1.29 is 0 Å². The van der Waals surface area contributed by atoms with Gasteiger partial charge >= 0.3 is 0 Å². The molecular weight excluding hydrogens is 220 g/mol. The van der Waals surface area contributed by atoms with Crippen LogP contribution in [0.2, 0.25) is 0 Å². The van der Waals surface area contributed by atoms with Crippen molar-refractivity contribution in [3.05, 3.63) is 0 Å². The molecule has 0 bridgehead atoms. The first-order valence-corrected chi connectivity index (χ1v) is 8.08. The molecule has 0 aliphatic heterocycles. The third-order valence-electron chi connectivity index (χ3n) is 5.18. The van der Waals surface area contributed by atoms with Gasteiger partial charge in [-0.2, -0.15) is 0 Å². The lowest BCUT2D eigenvalue weighted by Crippen LogP contribution is -2.37. The Balaban J connectivity index is 1.54. The van der Waals surface area contributed by atoms with Crippen LogP contribution in [-0.4, -0.2) is 38.1 Å². The van der Waals surface area contributed by atoms with Gasteiger partial charge < -0.3 is 10.2 Å². The summed E-state index contributed by atoms with van der Waals surface area (Å²) in [4.78, 5) is 2.28. The first kappa shape index (κ1) is 14.3. The van der Waals surface area contributed by atoms with Crippen LogP contribution in [0, 0.1) is 5.41 Å². The van der Waals surface area contributed by atoms with Gasteiger partial charge in [0.2, 0.25) is 0 Å². The van der Waals surface area contributed by atoms with Crippen LogP contribution in [0.1, 0.15) is 64.2 Å². The van der Waals surface area contributed by atoms with Gasteiger partial charge in [-0.05, 0) is 84.0 Å². The maximum absolute atomic E-state index is 3.78. The van der Waals surface area contributed by atoms with Crippen molar-refractivity contribution in [1.82, 2.24) is 10.2 Å². The molecule has 0 amide bonds. The molecule has 2 aliphatic carbocycles. The summed E-state index contributed by atoms with van der Waals surface area (Å²) in [6, 6.07) is 0.829. The van der Waals surface area contributed by atoms with E-state index < -0.39 is 0 Å². The van der Waals surface area contributed by atoms with Crippen LogP contribution in [-0.2, 0) is 0 Å². The first-order valence-electron chi connectivity index (χ1n) is 8.08. The third-order valence-corrected chi connectivity index (χ3v) is 5.18. The molecule has 0 saturated heterocycles. The fourth-order valence-corrected chi connectivity index (χ4v) is 3.92. The number of unbranched alkanes of at least 4 members (excludes halogenated alkanes) is 1. The van der Waals surface area contributed by atoms with Gasteiger partial charge in [0.25, 0.3) is 0 Å². The number of hydrogen-bond acceptors (Lipinski definition) is 2. The van der Waals surface area contributed by atoms with Gasteiger partial charge in [0.1, 0.15) is 0 Å². The molecule has 1 N–H and O–H groups in total. The van der Waals surface area contributed by atoms with Crippen molar-refractivity contribution in [2.45, 2.75) is 70.3 Å². The van der Waals surface area contributed by atoms with E-state index in [-0.39, 0.29) is 0 Å². The van der Waals surface area contributed by atoms with Crippen molar-refractivity contribution >= 4 is 0 Å². The number of nitrogens with one attached hydrogen (secondary N) is 1. The Kier molecular flexibility index (Phi) is 5.50. The lowest BCUT2D eigenvalue weighted by Gasteiger charge is -2.37. The van der Waals surface area contributed by atoms with Crippen molar-refractivity contribution in [2.75, 3.05) is 27.2 Å². The third kappa shape index (κ3) is 4.24. The number of nitrogens with zero attached hydrogens (tertiary/aromatic N) is 1. The highest BCUT2D eigenvalue weighted by atomic mass is 15.0. The largest absolute Gasteiger partial charge is 0.314 e.